The zero-order valence-electron chi connectivity index (χ0n) is 84.9. The molecule has 0 aliphatic carbocycles. The lowest BCUT2D eigenvalue weighted by molar-refractivity contribution is -0.163. The van der Waals surface area contributed by atoms with Gasteiger partial charge < -0.3 is 114 Å². The third kappa shape index (κ3) is 32.3. The number of primary amides is 1. The van der Waals surface area contributed by atoms with E-state index in [9.17, 15) is 68.1 Å². The van der Waals surface area contributed by atoms with Crippen LogP contribution in [0.2, 0.25) is 0 Å². The molecule has 16 amide bonds. The number of cyclic esters (lactones) is 2. The molecule has 8 heterocycles. The van der Waals surface area contributed by atoms with Crippen LogP contribution in [0, 0.1) is 5.41 Å². The third-order valence-electron chi connectivity index (χ3n) is 26.7. The van der Waals surface area contributed by atoms with Crippen molar-refractivity contribution < 1.29 is 125 Å². The second-order valence-corrected chi connectivity index (χ2v) is 41.9. The molecule has 2 fully saturated rings. The highest BCUT2D eigenvalue weighted by Gasteiger charge is 2.53. The van der Waals surface area contributed by atoms with Crippen molar-refractivity contribution in [3.8, 4) is 0 Å². The number of benzene rings is 3. The first-order valence-electron chi connectivity index (χ1n) is 50.0. The van der Waals surface area contributed by atoms with Gasteiger partial charge in [0.05, 0.1) is 51.0 Å². The summed E-state index contributed by atoms with van der Waals surface area (Å²) in [5.74, 6) is -21.0. The number of allylic oxidation sites excluding steroid dienone is 3. The fourth-order valence-electron chi connectivity index (χ4n) is 18.5. The number of amides is 16. The molecule has 6 aromatic rings. The fraction of sp³-hybridized carbons (Fsp3) is 0.515. The second-order valence-electron chi connectivity index (χ2n) is 40.2. The van der Waals surface area contributed by atoms with E-state index in [0.717, 1.165) is 9.60 Å². The first-order chi connectivity index (χ1) is 71.2. The first-order valence-corrected chi connectivity index (χ1v) is 51.8. The molecule has 808 valence electrons. The van der Waals surface area contributed by atoms with Gasteiger partial charge in [0.25, 0.3) is 5.91 Å². The Bertz CT molecular complexity index is 6000. The van der Waals surface area contributed by atoms with Crippen LogP contribution in [-0.4, -0.2) is 280 Å². The minimum absolute atomic E-state index is 0.00353. The lowest BCUT2D eigenvalue weighted by atomic mass is 9.83. The van der Waals surface area contributed by atoms with Gasteiger partial charge in [-0.2, -0.15) is 11.3 Å². The van der Waals surface area contributed by atoms with E-state index in [1.807, 2.05) is 12.1 Å². The molecule has 3 aromatic carbocycles. The van der Waals surface area contributed by atoms with Gasteiger partial charge in [-0.05, 0) is 204 Å². The van der Waals surface area contributed by atoms with Crippen molar-refractivity contribution in [3.63, 3.8) is 0 Å². The Hall–Kier alpha value is -14.9. The Morgan fingerprint density at radius 1 is 0.567 bits per heavy atom. The van der Waals surface area contributed by atoms with Gasteiger partial charge in [0.2, 0.25) is 88.8 Å². The second kappa shape index (κ2) is 52.8. The molecule has 0 saturated carbocycles. The Labute approximate surface area is 873 Å². The minimum atomic E-state index is -2.24. The number of carbonyl (C=O) groups is 20. The molecule has 5 bridgehead atoms. The number of nitrogens with one attached hydrogen (secondary N) is 13. The molecule has 11 rings (SSSR count). The molecule has 3 aromatic heterocycles. The molecule has 150 heavy (non-hydrogen) atoms. The summed E-state index contributed by atoms with van der Waals surface area (Å²) in [7, 11) is 0. The summed E-state index contributed by atoms with van der Waals surface area (Å²) in [5.41, 5.74) is -1.94. The van der Waals surface area contributed by atoms with Crippen LogP contribution in [0.3, 0.4) is 0 Å². The molecular formula is C103H133N19O26S2. The number of esters is 1. The van der Waals surface area contributed by atoms with Crippen LogP contribution in [-0.2, 0) is 139 Å². The number of hydrogen-bond acceptors (Lipinski definition) is 27. The number of likely N-dealkylation sites (tertiary alicyclic amines) is 1. The van der Waals surface area contributed by atoms with Crippen molar-refractivity contribution in [2.75, 3.05) is 32.8 Å². The molecule has 0 unspecified atom stereocenters. The average molecular weight is 2120 g/mol. The SMILES string of the molecule is CC(=O)N1CCC[C@]12C/C=C/CCC[C@@]1(CCC/C=C\CCCOC(=O)N3CC[C@@]4(C3)NC(=O)[C@H](CCCCn3cc(nn3)COC[C@@H](C(=O)N[C@@H](C)C(N)=O)OC(=O)[C@H](Cc3csc5ccccc35)NC(=O)[C@H](Cc3ccsc3)NC4=O)NC(=O)[C@H](Cc3ccccc3)NC(=O)[C@H](C)NC(=O)C(C)(C)NC(=O)[C@H](Cc3cccc(C(=O)O)c3)NC(=O)[C@H](CC(=O)O)NC1=O)NC(=O)[C@H](CC(C)(C)C)NC(=O)[C@H](CC(=O)O)NC2=O. The third-order valence-corrected chi connectivity index (χ3v) is 28.4. The van der Waals surface area contributed by atoms with E-state index in [-0.39, 0.29) is 165 Å². The Morgan fingerprint density at radius 2 is 1.16 bits per heavy atom. The van der Waals surface area contributed by atoms with Crippen LogP contribution in [0.4, 0.5) is 4.79 Å². The number of aliphatic carboxylic acids is 2. The van der Waals surface area contributed by atoms with Gasteiger partial charge >= 0.3 is 30.0 Å². The van der Waals surface area contributed by atoms with Gasteiger partial charge in [-0.15, -0.1) is 16.4 Å². The largest absolute Gasteiger partial charge is 0.481 e. The van der Waals surface area contributed by atoms with Crippen molar-refractivity contribution in [2.24, 2.45) is 11.1 Å². The summed E-state index contributed by atoms with van der Waals surface area (Å²) in [6.07, 6.45) is 1.45. The molecular weight excluding hydrogens is 1980 g/mol. The highest BCUT2D eigenvalue weighted by molar-refractivity contribution is 7.17. The number of aromatic nitrogens is 3. The summed E-state index contributed by atoms with van der Waals surface area (Å²) in [4.78, 5) is 296. The number of aromatic carboxylic acids is 1. The number of hydrogen-bond donors (Lipinski definition) is 17. The van der Waals surface area contributed by atoms with Crippen LogP contribution in [0.15, 0.2) is 132 Å². The predicted molar refractivity (Wildman–Crippen MR) is 543 cm³/mol. The zero-order chi connectivity index (χ0) is 109. The molecule has 3 spiro atoms. The van der Waals surface area contributed by atoms with Crippen molar-refractivity contribution in [3.05, 3.63) is 165 Å². The summed E-state index contributed by atoms with van der Waals surface area (Å²) in [6, 6.07) is 5.31. The standard InChI is InChI=1S/C103H133N19O26S2/c1-60(82(104)128)105-91(137)78-56-146-55-68-54-121(119-118-68)41-24-20-33-70-88(134)117-102(96(143)112-72(49-65-35-45-149-57-65)85(131)110-76(93(140)148-78)50-67-58-150-79-34-19-18-32-69(67)79)40-43-120(59-102)98(145)147-44-25-14-10-9-11-21-36-101(37-22-12-13-23-38-103(39-27-42-122(103)62(3)123)97(144)114-75(52-81(126)127)87(133)111-77(90(136)116-101)53-99(4,5)6)95(142)113-74(51-80(124)125)86(132)109-73(48-64-30-26-31-66(46-64)92(138)139)89(135)115-100(7,8)94(141)106-61(2)83(129)108-71(84(130)107-70)47-63-28-16-15-17-29-63/h9-10,13,15-19,23,26,28-32,34-35,45-46,54,57-58,60-61,70-78H,11-12,14,20-22,24-25,27,33,36-44,47-53,55-56,59H2,1-8H3,(H2,104,128)(H,105,137)(H,106,141)(H,107,130)(H,108,129)(H,109,132)(H,110,131)(H,111,133)(H,112,143)(H,113,142)(H,114,144)(H,115,135)(H,116,136)(H,117,134)(H,124,125)(H,126,127)(H,138,139)/b10-9-,23-13+/t60-,61-,70-,71-,72-,73-,74-,75-,76-,77-,78-,101+,102-,103-/m0/s1. The normalized spacial score (nSPS) is 26.3. The first kappa shape index (κ1) is 115. The van der Waals surface area contributed by atoms with Gasteiger partial charge in [0.1, 0.15) is 88.3 Å². The molecule has 2 saturated heterocycles. The van der Waals surface area contributed by atoms with Crippen LogP contribution >= 0.6 is 22.7 Å². The topological polar surface area (TPSA) is 649 Å². The Balaban J connectivity index is 0.980. The lowest BCUT2D eigenvalue weighted by Crippen LogP contribution is -2.66. The number of rotatable bonds is 17. The maximum Gasteiger partial charge on any atom is 0.409 e. The number of nitrogens with zero attached hydrogens (tertiary/aromatic N) is 5. The van der Waals surface area contributed by atoms with Crippen molar-refractivity contribution in [1.82, 2.24) is 93.9 Å². The van der Waals surface area contributed by atoms with Gasteiger partial charge in [0, 0.05) is 56.9 Å². The van der Waals surface area contributed by atoms with E-state index in [1.54, 1.807) is 110 Å². The van der Waals surface area contributed by atoms with E-state index >= 15 is 43.2 Å². The van der Waals surface area contributed by atoms with Crippen LogP contribution in [0.5, 0.6) is 0 Å². The number of ether oxygens (including phenoxy) is 3. The van der Waals surface area contributed by atoms with Crippen molar-refractivity contribution in [1.29, 1.82) is 0 Å². The van der Waals surface area contributed by atoms with Crippen LogP contribution in [0.25, 0.3) is 10.1 Å². The molecule has 47 heteroatoms. The minimum Gasteiger partial charge on any atom is -0.481 e. The zero-order valence-corrected chi connectivity index (χ0v) is 86.6. The number of carboxylic acid groups (broad SMARTS) is 3. The number of nitrogens with two attached hydrogens (primary N) is 1. The number of carboxylic acids is 3. The molecule has 45 nitrogen and oxygen atoms in total. The number of aryl methyl sites for hydroxylation is 1. The summed E-state index contributed by atoms with van der Waals surface area (Å²) in [5, 5.41) is 80.2. The highest BCUT2D eigenvalue weighted by Crippen LogP contribution is 2.36. The lowest BCUT2D eigenvalue weighted by Gasteiger charge is -2.38. The number of carbonyl (C=O) groups excluding carboxylic acids is 17. The predicted octanol–water partition coefficient (Wildman–Crippen LogP) is 3.07. The average Bonchev–Trinajstić information content (AvgIpc) is 1.63. The van der Waals surface area contributed by atoms with Crippen LogP contribution in [0.1, 0.15) is 209 Å². The quantitative estimate of drug-likeness (QED) is 0.0461. The summed E-state index contributed by atoms with van der Waals surface area (Å²) >= 11 is 2.59. The molecule has 0 radical (unpaired) electrons. The maximum atomic E-state index is 16.2. The molecule has 5 aliphatic heterocycles. The fourth-order valence-corrected chi connectivity index (χ4v) is 20.1. The van der Waals surface area contributed by atoms with E-state index in [0.29, 0.717) is 28.5 Å². The van der Waals surface area contributed by atoms with E-state index in [4.69, 9.17) is 19.9 Å². The Morgan fingerprint density at radius 3 is 1.83 bits per heavy atom. The molecule has 5 aliphatic rings. The maximum absolute atomic E-state index is 16.2. The van der Waals surface area contributed by atoms with Gasteiger partial charge in [-0.3, -0.25) is 86.2 Å². The smallest absolute Gasteiger partial charge is 0.409 e. The summed E-state index contributed by atoms with van der Waals surface area (Å²) < 4.78 is 20.1. The molecule has 14 atom stereocenters. The van der Waals surface area contributed by atoms with Crippen LogP contribution < -0.4 is 74.9 Å². The van der Waals surface area contributed by atoms with E-state index in [1.165, 1.54) is 97.3 Å². The van der Waals surface area contributed by atoms with Gasteiger partial charge in [-0.25, -0.2) is 14.4 Å². The summed E-state index contributed by atoms with van der Waals surface area (Å²) in [6.45, 7) is 9.41. The highest BCUT2D eigenvalue weighted by atomic mass is 32.1. The number of thiophene rings is 2. The van der Waals surface area contributed by atoms with Crippen molar-refractivity contribution in [2.45, 2.75) is 298 Å². The number of fused-ring (bicyclic) bond motifs is 6. The van der Waals surface area contributed by atoms with Crippen molar-refractivity contribution >= 4 is 151 Å². The van der Waals surface area contributed by atoms with Gasteiger partial charge in [-0.1, -0.05) is 111 Å². The molecule has 18 N–H and O–H groups in total. The van der Waals surface area contributed by atoms with E-state index in [2.05, 4.69) is 79.4 Å². The van der Waals surface area contributed by atoms with Gasteiger partial charge in [0.15, 0.2) is 0 Å². The van der Waals surface area contributed by atoms with E-state index < -0.39 is 245 Å². The Kier molecular flexibility index (Phi) is 40.6. The monoisotopic (exact) mass is 2120 g/mol.